The second-order valence-electron chi connectivity index (χ2n) is 5.45. The summed E-state index contributed by atoms with van der Waals surface area (Å²) in [6.07, 6.45) is 1.02. The lowest BCUT2D eigenvalue weighted by atomic mass is 9.83. The van der Waals surface area contributed by atoms with Crippen molar-refractivity contribution in [3.8, 4) is 0 Å². The number of hydrogen-bond donors (Lipinski definition) is 0. The topological polar surface area (TPSA) is 29.5 Å². The monoisotopic (exact) mass is 229 g/mol. The fourth-order valence-corrected chi connectivity index (χ4v) is 2.17. The predicted octanol–water partition coefficient (Wildman–Crippen LogP) is 2.41. The van der Waals surface area contributed by atoms with E-state index in [-0.39, 0.29) is 17.9 Å². The van der Waals surface area contributed by atoms with Gasteiger partial charge in [-0.3, -0.25) is 4.79 Å². The standard InChI is InChI=1S/C13H27NO2/c1-9(2)8-11(14(5)6)12(10(3)4)13(15)16-7/h9-12H,8H2,1-7H3. The molecular formula is C13H27NO2. The summed E-state index contributed by atoms with van der Waals surface area (Å²) < 4.78 is 4.92. The van der Waals surface area contributed by atoms with Gasteiger partial charge >= 0.3 is 5.97 Å². The largest absolute Gasteiger partial charge is 0.469 e. The Balaban J connectivity index is 4.87. The Morgan fingerprint density at radius 1 is 1.19 bits per heavy atom. The van der Waals surface area contributed by atoms with E-state index in [0.717, 1.165) is 6.42 Å². The van der Waals surface area contributed by atoms with Gasteiger partial charge in [0.05, 0.1) is 13.0 Å². The highest BCUT2D eigenvalue weighted by Crippen LogP contribution is 2.25. The second kappa shape index (κ2) is 6.89. The first-order valence-corrected chi connectivity index (χ1v) is 6.05. The van der Waals surface area contributed by atoms with Gasteiger partial charge in [-0.05, 0) is 32.4 Å². The molecule has 0 aromatic heterocycles. The minimum absolute atomic E-state index is 0.0394. The normalized spacial score (nSPS) is 15.6. The third-order valence-corrected chi connectivity index (χ3v) is 2.98. The van der Waals surface area contributed by atoms with E-state index in [1.807, 2.05) is 14.1 Å². The van der Waals surface area contributed by atoms with Gasteiger partial charge in [0.2, 0.25) is 0 Å². The van der Waals surface area contributed by atoms with Gasteiger partial charge in [0.25, 0.3) is 0 Å². The van der Waals surface area contributed by atoms with Crippen molar-refractivity contribution < 1.29 is 9.53 Å². The van der Waals surface area contributed by atoms with Crippen LogP contribution < -0.4 is 0 Å². The van der Waals surface area contributed by atoms with Crippen molar-refractivity contribution in [3.63, 3.8) is 0 Å². The summed E-state index contributed by atoms with van der Waals surface area (Å²) in [7, 11) is 5.54. The van der Waals surface area contributed by atoms with E-state index in [9.17, 15) is 4.79 Å². The summed E-state index contributed by atoms with van der Waals surface area (Å²) in [6.45, 7) is 8.53. The lowest BCUT2D eigenvalue weighted by Gasteiger charge is -2.34. The van der Waals surface area contributed by atoms with Gasteiger partial charge in [-0.15, -0.1) is 0 Å². The highest BCUT2D eigenvalue weighted by atomic mass is 16.5. The maximum Gasteiger partial charge on any atom is 0.310 e. The molecule has 96 valence electrons. The van der Waals surface area contributed by atoms with Crippen LogP contribution in [0.2, 0.25) is 0 Å². The average molecular weight is 229 g/mol. The van der Waals surface area contributed by atoms with E-state index in [1.165, 1.54) is 7.11 Å². The molecule has 3 nitrogen and oxygen atoms in total. The fourth-order valence-electron chi connectivity index (χ4n) is 2.17. The third kappa shape index (κ3) is 4.52. The van der Waals surface area contributed by atoms with Crippen LogP contribution in [-0.2, 0) is 9.53 Å². The molecule has 16 heavy (non-hydrogen) atoms. The number of carbonyl (C=O) groups is 1. The minimum atomic E-state index is -0.0886. The van der Waals surface area contributed by atoms with Gasteiger partial charge < -0.3 is 9.64 Å². The van der Waals surface area contributed by atoms with Crippen LogP contribution in [0, 0.1) is 17.8 Å². The van der Waals surface area contributed by atoms with Crippen LogP contribution in [0.15, 0.2) is 0 Å². The lowest BCUT2D eigenvalue weighted by Crippen LogP contribution is -2.43. The van der Waals surface area contributed by atoms with Crippen LogP contribution in [0.4, 0.5) is 0 Å². The van der Waals surface area contributed by atoms with Gasteiger partial charge in [-0.25, -0.2) is 0 Å². The Morgan fingerprint density at radius 2 is 1.69 bits per heavy atom. The summed E-state index contributed by atoms with van der Waals surface area (Å²) in [5, 5.41) is 0. The molecule has 2 atom stereocenters. The number of esters is 1. The summed E-state index contributed by atoms with van der Waals surface area (Å²) in [6, 6.07) is 0.257. The van der Waals surface area contributed by atoms with Crippen molar-refractivity contribution in [1.29, 1.82) is 0 Å². The predicted molar refractivity (Wildman–Crippen MR) is 67.3 cm³/mol. The highest BCUT2D eigenvalue weighted by molar-refractivity contribution is 5.73. The van der Waals surface area contributed by atoms with Crippen molar-refractivity contribution in [3.05, 3.63) is 0 Å². The Morgan fingerprint density at radius 3 is 1.94 bits per heavy atom. The summed E-state index contributed by atoms with van der Waals surface area (Å²) in [5.41, 5.74) is 0. The van der Waals surface area contributed by atoms with Crippen molar-refractivity contribution in [1.82, 2.24) is 4.90 Å². The van der Waals surface area contributed by atoms with Gasteiger partial charge in [0.15, 0.2) is 0 Å². The number of rotatable bonds is 6. The lowest BCUT2D eigenvalue weighted by molar-refractivity contribution is -0.149. The van der Waals surface area contributed by atoms with Crippen LogP contribution in [0.5, 0.6) is 0 Å². The van der Waals surface area contributed by atoms with Crippen molar-refractivity contribution in [2.75, 3.05) is 21.2 Å². The van der Waals surface area contributed by atoms with Crippen molar-refractivity contribution in [2.24, 2.45) is 17.8 Å². The molecule has 0 aliphatic carbocycles. The number of methoxy groups -OCH3 is 1. The maximum atomic E-state index is 11.8. The Hall–Kier alpha value is -0.570. The van der Waals surface area contributed by atoms with E-state index in [4.69, 9.17) is 4.74 Å². The molecule has 0 spiro atoms. The molecule has 0 bridgehead atoms. The van der Waals surface area contributed by atoms with E-state index in [0.29, 0.717) is 11.8 Å². The van der Waals surface area contributed by atoms with E-state index < -0.39 is 0 Å². The molecule has 2 unspecified atom stereocenters. The van der Waals surface area contributed by atoms with Crippen molar-refractivity contribution >= 4 is 5.97 Å². The molecule has 0 amide bonds. The van der Waals surface area contributed by atoms with Crippen molar-refractivity contribution in [2.45, 2.75) is 40.2 Å². The van der Waals surface area contributed by atoms with Crippen LogP contribution in [0.1, 0.15) is 34.1 Å². The molecule has 0 N–H and O–H groups in total. The first kappa shape index (κ1) is 15.4. The van der Waals surface area contributed by atoms with Crippen LogP contribution in [0.3, 0.4) is 0 Å². The maximum absolute atomic E-state index is 11.8. The molecule has 0 fully saturated rings. The van der Waals surface area contributed by atoms with Gasteiger partial charge in [-0.1, -0.05) is 27.7 Å². The SMILES string of the molecule is COC(=O)C(C(C)C)C(CC(C)C)N(C)C. The summed E-state index contributed by atoms with van der Waals surface area (Å²) >= 11 is 0. The molecule has 0 saturated carbocycles. The number of ether oxygens (including phenoxy) is 1. The van der Waals surface area contributed by atoms with Gasteiger partial charge in [0.1, 0.15) is 0 Å². The van der Waals surface area contributed by atoms with E-state index in [1.54, 1.807) is 0 Å². The zero-order chi connectivity index (χ0) is 12.9. The number of nitrogens with zero attached hydrogens (tertiary/aromatic N) is 1. The minimum Gasteiger partial charge on any atom is -0.469 e. The Labute approximate surface area is 100 Å². The van der Waals surface area contributed by atoms with E-state index in [2.05, 4.69) is 32.6 Å². The molecule has 0 rings (SSSR count). The van der Waals surface area contributed by atoms with Crippen LogP contribution in [0.25, 0.3) is 0 Å². The van der Waals surface area contributed by atoms with Gasteiger partial charge in [0, 0.05) is 6.04 Å². The smallest absolute Gasteiger partial charge is 0.310 e. The number of hydrogen-bond acceptors (Lipinski definition) is 3. The van der Waals surface area contributed by atoms with E-state index >= 15 is 0 Å². The first-order valence-electron chi connectivity index (χ1n) is 6.05. The Kier molecular flexibility index (Phi) is 6.65. The molecule has 0 radical (unpaired) electrons. The molecular weight excluding hydrogens is 202 g/mol. The summed E-state index contributed by atoms with van der Waals surface area (Å²) in [4.78, 5) is 14.0. The quantitative estimate of drug-likeness (QED) is 0.655. The zero-order valence-corrected chi connectivity index (χ0v) is 11.8. The summed E-state index contributed by atoms with van der Waals surface area (Å²) in [5.74, 6) is 0.758. The Bertz CT molecular complexity index is 212. The molecule has 0 aliphatic heterocycles. The van der Waals surface area contributed by atoms with Gasteiger partial charge in [-0.2, -0.15) is 0 Å². The molecule has 0 aromatic rings. The number of carbonyl (C=O) groups excluding carboxylic acids is 1. The molecule has 0 heterocycles. The second-order valence-corrected chi connectivity index (χ2v) is 5.45. The van der Waals surface area contributed by atoms with Crippen LogP contribution in [-0.4, -0.2) is 38.1 Å². The first-order chi connectivity index (χ1) is 7.31. The molecule has 3 heteroatoms. The molecule has 0 aromatic carbocycles. The van der Waals surface area contributed by atoms with Crippen LogP contribution >= 0.6 is 0 Å². The zero-order valence-electron chi connectivity index (χ0n) is 11.8. The third-order valence-electron chi connectivity index (χ3n) is 2.98. The molecule has 0 saturated heterocycles. The fraction of sp³-hybridized carbons (Fsp3) is 0.923. The molecule has 0 aliphatic rings. The average Bonchev–Trinajstić information content (AvgIpc) is 2.14. The highest BCUT2D eigenvalue weighted by Gasteiger charge is 2.33.